The summed E-state index contributed by atoms with van der Waals surface area (Å²) in [6.45, 7) is 77.7. The molecule has 1 heterocycles. The van der Waals surface area contributed by atoms with E-state index in [9.17, 15) is 0 Å². The first-order chi connectivity index (χ1) is 32.9. The third-order valence-corrected chi connectivity index (χ3v) is 14.0. The van der Waals surface area contributed by atoms with Crippen molar-refractivity contribution < 1.29 is 9.47 Å². The molecule has 0 bridgehead atoms. The van der Waals surface area contributed by atoms with Crippen molar-refractivity contribution in [1.82, 2.24) is 25.8 Å². The van der Waals surface area contributed by atoms with E-state index in [4.69, 9.17) is 9.47 Å². The number of likely N-dealkylation sites (N-methyl/N-ethyl adjacent to an activating group) is 1. The third kappa shape index (κ3) is 43.9. The molecule has 1 saturated carbocycles. The zero-order chi connectivity index (χ0) is 58.5. The van der Waals surface area contributed by atoms with Crippen molar-refractivity contribution in [2.24, 2.45) is 38.4 Å². The summed E-state index contributed by atoms with van der Waals surface area (Å²) in [7, 11) is 2.14. The lowest BCUT2D eigenvalue weighted by atomic mass is 9.77. The number of piperidine rings is 1. The minimum absolute atomic E-state index is 0.178. The Morgan fingerprint density at radius 1 is 0.541 bits per heavy atom. The third-order valence-electron chi connectivity index (χ3n) is 14.0. The van der Waals surface area contributed by atoms with E-state index in [1.807, 2.05) is 0 Å². The number of hydrogen-bond donors (Lipinski definition) is 3. The number of nitrogens with zero attached hydrogens (tertiary/aromatic N) is 2. The molecule has 0 atom stereocenters. The second kappa shape index (κ2) is 31.7. The molecule has 0 unspecified atom stereocenters. The van der Waals surface area contributed by atoms with Crippen molar-refractivity contribution in [3.8, 4) is 0 Å². The number of likely N-dealkylation sites (tertiary alicyclic amines) is 1. The highest BCUT2D eigenvalue weighted by molar-refractivity contribution is 5.27. The first-order valence-electron chi connectivity index (χ1n) is 29.8. The molecule has 0 spiro atoms. The second-order valence-corrected chi connectivity index (χ2v) is 33.8. The van der Waals surface area contributed by atoms with Crippen molar-refractivity contribution in [3.05, 3.63) is 35.4 Å². The topological polar surface area (TPSA) is 61.0 Å². The Hall–Kier alpha value is -1.06. The van der Waals surface area contributed by atoms with Gasteiger partial charge in [-0.1, -0.05) is 128 Å². The number of ether oxygens (including phenoxy) is 2. The quantitative estimate of drug-likeness (QED) is 0.143. The number of hydrogen-bond acceptors (Lipinski definition) is 7. The molecule has 0 aromatic heterocycles. The number of nitrogens with one attached hydrogen (secondary N) is 3. The molecule has 3 rings (SSSR count). The van der Waals surface area contributed by atoms with Gasteiger partial charge in [-0.05, 0) is 225 Å². The molecule has 1 aliphatic heterocycles. The molecule has 2 aliphatic rings. The Labute approximate surface area is 466 Å². The average molecular weight is 1040 g/mol. The highest BCUT2D eigenvalue weighted by atomic mass is 16.5. The molecule has 2 fully saturated rings. The molecule has 1 aliphatic carbocycles. The van der Waals surface area contributed by atoms with Crippen LogP contribution >= 0.6 is 0 Å². The molecule has 7 nitrogen and oxygen atoms in total. The van der Waals surface area contributed by atoms with Crippen LogP contribution in [0, 0.1) is 38.4 Å². The monoisotopic (exact) mass is 1040 g/mol. The molecule has 3 N–H and O–H groups in total. The maximum Gasteiger partial charge on any atom is 0.0593 e. The Morgan fingerprint density at radius 3 is 1.34 bits per heavy atom. The van der Waals surface area contributed by atoms with Crippen molar-refractivity contribution in [2.45, 2.75) is 293 Å². The summed E-state index contributed by atoms with van der Waals surface area (Å²) in [6, 6.07) is 8.81. The normalized spacial score (nSPS) is 16.5. The zero-order valence-electron chi connectivity index (χ0n) is 56.3. The van der Waals surface area contributed by atoms with Gasteiger partial charge in [-0.3, -0.25) is 9.80 Å². The first-order valence-corrected chi connectivity index (χ1v) is 29.8. The maximum absolute atomic E-state index is 5.62. The molecule has 0 radical (unpaired) electrons. The van der Waals surface area contributed by atoms with Crippen LogP contribution in [0.4, 0.5) is 0 Å². The lowest BCUT2D eigenvalue weighted by molar-refractivity contribution is 0.0431. The van der Waals surface area contributed by atoms with Gasteiger partial charge in [-0.15, -0.1) is 0 Å². The van der Waals surface area contributed by atoms with Gasteiger partial charge in [0.05, 0.1) is 26.4 Å². The van der Waals surface area contributed by atoms with Crippen molar-refractivity contribution >= 4 is 0 Å². The lowest BCUT2D eigenvalue weighted by Crippen LogP contribution is -2.46. The highest BCUT2D eigenvalue weighted by Crippen LogP contribution is 2.58. The predicted molar refractivity (Wildman–Crippen MR) is 333 cm³/mol. The smallest absolute Gasteiger partial charge is 0.0593 e. The summed E-state index contributed by atoms with van der Waals surface area (Å²) >= 11 is 0. The summed E-state index contributed by atoms with van der Waals surface area (Å²) in [5.41, 5.74) is 6.71. The van der Waals surface area contributed by atoms with E-state index in [0.717, 1.165) is 52.0 Å². The van der Waals surface area contributed by atoms with Crippen LogP contribution in [0.3, 0.4) is 0 Å². The fourth-order valence-corrected chi connectivity index (χ4v) is 7.94. The minimum Gasteiger partial charge on any atom is -0.380 e. The first kappa shape index (κ1) is 75.0. The number of benzene rings is 1. The molecule has 74 heavy (non-hydrogen) atoms. The fraction of sp³-hybridized carbons (Fsp3) is 0.910. The molecular formula is C67H137N5O2. The lowest BCUT2D eigenvalue weighted by Gasteiger charge is -2.41. The largest absolute Gasteiger partial charge is 0.380 e. The van der Waals surface area contributed by atoms with Crippen LogP contribution in [0.25, 0.3) is 0 Å². The van der Waals surface area contributed by atoms with Gasteiger partial charge in [0.25, 0.3) is 0 Å². The van der Waals surface area contributed by atoms with Crippen LogP contribution in [0.15, 0.2) is 24.3 Å². The van der Waals surface area contributed by atoms with Gasteiger partial charge >= 0.3 is 0 Å². The van der Waals surface area contributed by atoms with E-state index in [1.165, 1.54) is 82.1 Å². The van der Waals surface area contributed by atoms with Gasteiger partial charge in [0.2, 0.25) is 0 Å². The molecular weight excluding hydrogens is 907 g/mol. The summed E-state index contributed by atoms with van der Waals surface area (Å²) in [5, 5.41) is 10.6. The molecule has 7 heteroatoms. The predicted octanol–water partition coefficient (Wildman–Crippen LogP) is 17.3. The second-order valence-electron chi connectivity index (χ2n) is 33.8. The Kier molecular flexibility index (Phi) is 32.1. The van der Waals surface area contributed by atoms with Crippen molar-refractivity contribution in [3.63, 3.8) is 0 Å². The van der Waals surface area contributed by atoms with Crippen molar-refractivity contribution in [1.29, 1.82) is 0 Å². The summed E-state index contributed by atoms with van der Waals surface area (Å²) < 4.78 is 11.2. The minimum atomic E-state index is 0.178. The Morgan fingerprint density at radius 2 is 0.973 bits per heavy atom. The van der Waals surface area contributed by atoms with Gasteiger partial charge in [-0.25, -0.2) is 0 Å². The molecule has 1 saturated heterocycles. The Balaban J connectivity index is 0. The summed E-state index contributed by atoms with van der Waals surface area (Å²) in [5.74, 6) is 0.984. The average Bonchev–Trinajstić information content (AvgIpc) is 4.00. The van der Waals surface area contributed by atoms with Crippen LogP contribution in [0.2, 0.25) is 0 Å². The molecule has 1 aromatic carbocycles. The molecule has 442 valence electrons. The summed E-state index contributed by atoms with van der Waals surface area (Å²) in [4.78, 5) is 4.95. The maximum atomic E-state index is 5.62. The standard InChI is InChI=1S/C17H29N.C15H31N.C12H27NO.C12H25N.C11H25NO/c1-16(2,3)12-11-14-9-7-8-10-15(14)13-18-17(4,5)6;1-14(2,3)10-7-13-8-11-16(12-9-13)15(4,5)6;1-11(2,3)10-14-9-8-13(7)12(4,5)6;1-10(2,3)12(7-8-12)9-13-11(4,5)6;1-10(2,3)9-13-8-7-12-11(4,5)6/h7-10,18H,11-13H2,1-6H3;13H,7-12H2,1-6H3;8-10H2,1-7H3;13H,7-9H2,1-6H3;12H,7-9H2,1-6H3. The summed E-state index contributed by atoms with van der Waals surface area (Å²) in [6.07, 6.45) is 10.8. The van der Waals surface area contributed by atoms with E-state index in [2.05, 4.69) is 265 Å². The van der Waals surface area contributed by atoms with Crippen LogP contribution in [-0.4, -0.2) is 104 Å². The van der Waals surface area contributed by atoms with E-state index >= 15 is 0 Å². The Bertz CT molecular complexity index is 1510. The van der Waals surface area contributed by atoms with Crippen LogP contribution in [-0.2, 0) is 22.4 Å². The van der Waals surface area contributed by atoms with Gasteiger partial charge in [0.1, 0.15) is 0 Å². The van der Waals surface area contributed by atoms with Gasteiger partial charge < -0.3 is 25.4 Å². The van der Waals surface area contributed by atoms with E-state index in [-0.39, 0.29) is 33.0 Å². The fourth-order valence-electron chi connectivity index (χ4n) is 7.94. The van der Waals surface area contributed by atoms with E-state index in [0.29, 0.717) is 27.2 Å². The molecule has 0 amide bonds. The van der Waals surface area contributed by atoms with Gasteiger partial charge in [0.15, 0.2) is 0 Å². The zero-order valence-corrected chi connectivity index (χ0v) is 56.3. The van der Waals surface area contributed by atoms with Crippen LogP contribution in [0.5, 0.6) is 0 Å². The van der Waals surface area contributed by atoms with Crippen LogP contribution in [0.1, 0.15) is 264 Å². The number of aryl methyl sites for hydroxylation is 1. The van der Waals surface area contributed by atoms with Crippen LogP contribution < -0.4 is 16.0 Å². The number of rotatable bonds is 16. The highest BCUT2D eigenvalue weighted by Gasteiger charge is 2.51. The van der Waals surface area contributed by atoms with E-state index in [1.54, 1.807) is 0 Å². The van der Waals surface area contributed by atoms with Gasteiger partial charge in [-0.2, -0.15) is 0 Å². The van der Waals surface area contributed by atoms with E-state index < -0.39 is 0 Å². The molecule has 1 aromatic rings. The SMILES string of the molecule is CC(C)(C)CCC1CCN(C(C)(C)C)CC1.CC(C)(C)CCc1ccccc1CNC(C)(C)C.CC(C)(C)COCCNC(C)(C)C.CC(C)(C)NCC1(C(C)(C)C)CC1.CN(CCOCC(C)(C)C)C(C)(C)C. The van der Waals surface area contributed by atoms with Gasteiger partial charge in [0, 0.05) is 53.9 Å². The van der Waals surface area contributed by atoms with Crippen molar-refractivity contribution in [2.75, 3.05) is 66.2 Å².